The van der Waals surface area contributed by atoms with Crippen molar-refractivity contribution in [1.29, 1.82) is 0 Å². The smallest absolute Gasteiger partial charge is 0.266 e. The summed E-state index contributed by atoms with van der Waals surface area (Å²) in [6.45, 7) is 5.47. The summed E-state index contributed by atoms with van der Waals surface area (Å²) < 4.78 is 8.29. The Kier molecular flexibility index (Phi) is 8.05. The summed E-state index contributed by atoms with van der Waals surface area (Å²) in [5.74, 6) is 1.21. The first kappa shape index (κ1) is 25.9. The van der Waals surface area contributed by atoms with Gasteiger partial charge in [-0.15, -0.1) is 0 Å². The van der Waals surface area contributed by atoms with E-state index >= 15 is 0 Å². The highest BCUT2D eigenvalue weighted by molar-refractivity contribution is 8.26. The molecule has 0 radical (unpaired) electrons. The van der Waals surface area contributed by atoms with Crippen molar-refractivity contribution in [3.05, 3.63) is 107 Å². The molecule has 0 N–H and O–H groups in total. The van der Waals surface area contributed by atoms with Gasteiger partial charge in [0.15, 0.2) is 0 Å². The van der Waals surface area contributed by atoms with Crippen molar-refractivity contribution in [2.24, 2.45) is 5.92 Å². The second-order valence-corrected chi connectivity index (χ2v) is 11.2. The number of benzene rings is 3. The van der Waals surface area contributed by atoms with Gasteiger partial charge in [-0.2, -0.15) is 5.10 Å². The first-order valence-corrected chi connectivity index (χ1v) is 13.9. The van der Waals surface area contributed by atoms with Crippen molar-refractivity contribution in [1.82, 2.24) is 14.7 Å². The monoisotopic (exact) mass is 539 g/mol. The summed E-state index contributed by atoms with van der Waals surface area (Å²) in [6, 6.07) is 28.0. The Morgan fingerprint density at radius 3 is 2.34 bits per heavy atom. The van der Waals surface area contributed by atoms with Crippen LogP contribution in [0.1, 0.15) is 25.0 Å². The van der Waals surface area contributed by atoms with Crippen molar-refractivity contribution in [3.8, 4) is 22.7 Å². The zero-order valence-corrected chi connectivity index (χ0v) is 23.0. The molecule has 0 spiro atoms. The van der Waals surface area contributed by atoms with E-state index in [0.29, 0.717) is 28.3 Å². The topological polar surface area (TPSA) is 47.4 Å². The highest BCUT2D eigenvalue weighted by Gasteiger charge is 2.32. The number of carbonyl (C=O) groups excluding carboxylic acids is 1. The van der Waals surface area contributed by atoms with Gasteiger partial charge in [-0.25, -0.2) is 4.68 Å². The molecule has 1 aliphatic heterocycles. The molecule has 5 nitrogen and oxygen atoms in total. The molecular weight excluding hydrogens is 510 g/mol. The van der Waals surface area contributed by atoms with E-state index in [-0.39, 0.29) is 5.91 Å². The minimum atomic E-state index is -0.0632. The average molecular weight is 540 g/mol. The molecule has 5 rings (SSSR count). The average Bonchev–Trinajstić information content (AvgIpc) is 3.48. The van der Waals surface area contributed by atoms with Gasteiger partial charge in [0.1, 0.15) is 10.1 Å². The Bertz CT molecular complexity index is 1450. The quantitative estimate of drug-likeness (QED) is 0.169. The molecule has 0 aliphatic carbocycles. The minimum Gasteiger partial charge on any atom is -0.493 e. The zero-order chi connectivity index (χ0) is 26.5. The molecule has 1 saturated heterocycles. The molecular formula is C31H29N3O2S2. The van der Waals surface area contributed by atoms with Gasteiger partial charge in [-0.1, -0.05) is 86.4 Å². The van der Waals surface area contributed by atoms with Crippen molar-refractivity contribution in [3.63, 3.8) is 0 Å². The number of nitrogens with zero attached hydrogens (tertiary/aromatic N) is 3. The van der Waals surface area contributed by atoms with Gasteiger partial charge in [0.2, 0.25) is 0 Å². The van der Waals surface area contributed by atoms with Crippen LogP contribution in [-0.2, 0) is 11.2 Å². The Morgan fingerprint density at radius 2 is 1.66 bits per heavy atom. The lowest BCUT2D eigenvalue weighted by Crippen LogP contribution is -2.30. The number of thiocarbonyl (C=S) groups is 1. The number of aromatic nitrogens is 2. The van der Waals surface area contributed by atoms with E-state index in [4.69, 9.17) is 22.1 Å². The maximum atomic E-state index is 13.3. The van der Waals surface area contributed by atoms with Gasteiger partial charge < -0.3 is 4.74 Å². The number of amides is 1. The summed E-state index contributed by atoms with van der Waals surface area (Å²) in [4.78, 5) is 15.6. The lowest BCUT2D eigenvalue weighted by atomic mass is 10.1. The van der Waals surface area contributed by atoms with E-state index in [1.807, 2.05) is 89.8 Å². The van der Waals surface area contributed by atoms with E-state index in [1.54, 1.807) is 4.90 Å². The maximum absolute atomic E-state index is 13.3. The van der Waals surface area contributed by atoms with E-state index in [1.165, 1.54) is 17.3 Å². The minimum absolute atomic E-state index is 0.0632. The summed E-state index contributed by atoms with van der Waals surface area (Å²) in [5, 5.41) is 4.90. The molecule has 1 aliphatic rings. The fourth-order valence-corrected chi connectivity index (χ4v) is 5.42. The molecule has 3 aromatic carbocycles. The summed E-state index contributed by atoms with van der Waals surface area (Å²) in [7, 11) is 0. The van der Waals surface area contributed by atoms with Crippen LogP contribution in [0.15, 0.2) is 96.0 Å². The SMILES string of the molecule is CC(C)COc1ccc(-c2nn(-c3ccccc3)cc2C=C2SC(=S)N(CCc3ccccc3)C2=O)cc1. The first-order chi connectivity index (χ1) is 18.5. The summed E-state index contributed by atoms with van der Waals surface area (Å²) in [5.41, 5.74) is 4.72. The van der Waals surface area contributed by atoms with Crippen LogP contribution in [0.25, 0.3) is 23.0 Å². The summed E-state index contributed by atoms with van der Waals surface area (Å²) >= 11 is 6.93. The van der Waals surface area contributed by atoms with Gasteiger partial charge in [0.05, 0.1) is 22.9 Å². The van der Waals surface area contributed by atoms with E-state index in [0.717, 1.165) is 34.7 Å². The van der Waals surface area contributed by atoms with Gasteiger partial charge in [-0.3, -0.25) is 9.69 Å². The van der Waals surface area contributed by atoms with Crippen LogP contribution in [0.4, 0.5) is 0 Å². The van der Waals surface area contributed by atoms with Crippen LogP contribution in [0.5, 0.6) is 5.75 Å². The molecule has 4 aromatic rings. The second kappa shape index (κ2) is 11.8. The van der Waals surface area contributed by atoms with Crippen LogP contribution in [-0.4, -0.2) is 38.1 Å². The van der Waals surface area contributed by atoms with Crippen molar-refractivity contribution in [2.75, 3.05) is 13.2 Å². The van der Waals surface area contributed by atoms with Crippen molar-refractivity contribution >= 4 is 40.3 Å². The molecule has 0 bridgehead atoms. The number of rotatable bonds is 9. The third-order valence-corrected chi connectivity index (χ3v) is 7.48. The van der Waals surface area contributed by atoms with E-state index < -0.39 is 0 Å². The standard InChI is InChI=1S/C31H29N3O2S2/c1-22(2)21-36-27-15-13-24(14-16-27)29-25(20-34(32-29)26-11-7-4-8-12-26)19-28-30(35)33(31(37)38-28)18-17-23-9-5-3-6-10-23/h3-16,19-20,22H,17-18,21H2,1-2H3. The number of ether oxygens (including phenoxy) is 1. The first-order valence-electron chi connectivity index (χ1n) is 12.7. The fourth-order valence-electron chi connectivity index (χ4n) is 4.12. The van der Waals surface area contributed by atoms with Crippen LogP contribution < -0.4 is 4.74 Å². The molecule has 38 heavy (non-hydrogen) atoms. The molecule has 7 heteroatoms. The van der Waals surface area contributed by atoms with Crippen LogP contribution in [0, 0.1) is 5.92 Å². The Labute approximate surface area is 233 Å². The number of thioether (sulfide) groups is 1. The molecule has 0 atom stereocenters. The van der Waals surface area contributed by atoms with E-state index in [2.05, 4.69) is 26.0 Å². The summed E-state index contributed by atoms with van der Waals surface area (Å²) in [6.07, 6.45) is 4.63. The third-order valence-electron chi connectivity index (χ3n) is 6.10. The Morgan fingerprint density at radius 1 is 0.974 bits per heavy atom. The highest BCUT2D eigenvalue weighted by Crippen LogP contribution is 2.35. The van der Waals surface area contributed by atoms with Crippen molar-refractivity contribution < 1.29 is 9.53 Å². The van der Waals surface area contributed by atoms with Crippen LogP contribution >= 0.6 is 24.0 Å². The predicted octanol–water partition coefficient (Wildman–Crippen LogP) is 7.02. The normalized spacial score (nSPS) is 14.6. The predicted molar refractivity (Wildman–Crippen MR) is 159 cm³/mol. The molecule has 2 heterocycles. The number of hydrogen-bond acceptors (Lipinski definition) is 5. The number of carbonyl (C=O) groups is 1. The van der Waals surface area contributed by atoms with Crippen molar-refractivity contribution in [2.45, 2.75) is 20.3 Å². The number of para-hydroxylation sites is 1. The Balaban J connectivity index is 1.44. The fraction of sp³-hybridized carbons (Fsp3) is 0.194. The highest BCUT2D eigenvalue weighted by atomic mass is 32.2. The van der Waals surface area contributed by atoms with Crippen LogP contribution in [0.3, 0.4) is 0 Å². The largest absolute Gasteiger partial charge is 0.493 e. The molecule has 192 valence electrons. The number of hydrogen-bond donors (Lipinski definition) is 0. The molecule has 0 saturated carbocycles. The maximum Gasteiger partial charge on any atom is 0.266 e. The second-order valence-electron chi connectivity index (χ2n) is 9.51. The van der Waals surface area contributed by atoms with Gasteiger partial charge in [0, 0.05) is 23.9 Å². The van der Waals surface area contributed by atoms with E-state index in [9.17, 15) is 4.79 Å². The molecule has 1 aromatic heterocycles. The van der Waals surface area contributed by atoms with Gasteiger partial charge in [0.25, 0.3) is 5.91 Å². The van der Waals surface area contributed by atoms with Crippen LogP contribution in [0.2, 0.25) is 0 Å². The lowest BCUT2D eigenvalue weighted by molar-refractivity contribution is -0.122. The Hall–Kier alpha value is -3.68. The van der Waals surface area contributed by atoms with Gasteiger partial charge in [-0.05, 0) is 60.4 Å². The zero-order valence-electron chi connectivity index (χ0n) is 21.4. The molecule has 1 fully saturated rings. The molecule has 1 amide bonds. The van der Waals surface area contributed by atoms with Gasteiger partial charge >= 0.3 is 0 Å². The molecule has 0 unspecified atom stereocenters. The lowest BCUT2D eigenvalue weighted by Gasteiger charge is -2.14. The third kappa shape index (κ3) is 6.06.